The van der Waals surface area contributed by atoms with Gasteiger partial charge in [0.2, 0.25) is 0 Å². The van der Waals surface area contributed by atoms with E-state index in [1.165, 1.54) is 11.5 Å². The van der Waals surface area contributed by atoms with Crippen LogP contribution in [0.15, 0.2) is 4.52 Å². The molecule has 5 nitrogen and oxygen atoms in total. The molecule has 98 valence electrons. The summed E-state index contributed by atoms with van der Waals surface area (Å²) in [6, 6.07) is 0. The van der Waals surface area contributed by atoms with E-state index in [1.54, 1.807) is 0 Å². The second kappa shape index (κ2) is 5.71. The van der Waals surface area contributed by atoms with Crippen molar-refractivity contribution in [3.8, 4) is 11.5 Å². The first-order valence-electron chi connectivity index (χ1n) is 5.78. The van der Waals surface area contributed by atoms with Crippen molar-refractivity contribution in [3.63, 3.8) is 0 Å². The van der Waals surface area contributed by atoms with Crippen molar-refractivity contribution in [2.24, 2.45) is 0 Å². The average Bonchev–Trinajstić information content (AvgIpc) is 2.93. The zero-order valence-electron chi connectivity index (χ0n) is 10.6. The van der Waals surface area contributed by atoms with Gasteiger partial charge in [0.15, 0.2) is 5.82 Å². The maximum absolute atomic E-state index is 5.85. The number of hydrogen-bond donors (Lipinski definition) is 1. The number of nitrogens with zero attached hydrogens (tertiary/aromatic N) is 3. The first-order valence-corrected chi connectivity index (χ1v) is 7.60. The zero-order chi connectivity index (χ0) is 13.1. The number of thioether (sulfide) groups is 1. The molecule has 2 rings (SSSR count). The van der Waals surface area contributed by atoms with Gasteiger partial charge < -0.3 is 10.3 Å². The lowest BCUT2D eigenvalue weighted by Crippen LogP contribution is -1.95. The molecule has 1 unspecified atom stereocenters. The molecule has 0 radical (unpaired) electrons. The van der Waals surface area contributed by atoms with Crippen LogP contribution in [-0.2, 0) is 5.75 Å². The Morgan fingerprint density at radius 2 is 2.28 bits per heavy atom. The molecule has 0 aliphatic carbocycles. The van der Waals surface area contributed by atoms with E-state index in [9.17, 15) is 0 Å². The fourth-order valence-corrected chi connectivity index (χ4v) is 2.84. The minimum Gasteiger partial charge on any atom is -0.389 e. The van der Waals surface area contributed by atoms with Gasteiger partial charge in [-0.15, -0.1) is 0 Å². The summed E-state index contributed by atoms with van der Waals surface area (Å²) < 4.78 is 9.42. The molecule has 0 fully saturated rings. The summed E-state index contributed by atoms with van der Waals surface area (Å²) in [4.78, 5) is 4.37. The first-order chi connectivity index (χ1) is 8.61. The highest BCUT2D eigenvalue weighted by Gasteiger charge is 2.17. The predicted molar refractivity (Wildman–Crippen MR) is 75.6 cm³/mol. The highest BCUT2D eigenvalue weighted by atomic mass is 32.2. The lowest BCUT2D eigenvalue weighted by molar-refractivity contribution is 0.425. The highest BCUT2D eigenvalue weighted by Crippen LogP contribution is 2.31. The molecule has 0 bridgehead atoms. The monoisotopic (exact) mass is 284 g/mol. The molecule has 2 heterocycles. The van der Waals surface area contributed by atoms with Crippen LogP contribution in [0.25, 0.3) is 11.5 Å². The Labute approximate surface area is 114 Å². The van der Waals surface area contributed by atoms with E-state index >= 15 is 0 Å². The van der Waals surface area contributed by atoms with E-state index in [-0.39, 0.29) is 0 Å². The van der Waals surface area contributed by atoms with Crippen molar-refractivity contribution >= 4 is 28.3 Å². The molecule has 2 N–H and O–H groups in total. The van der Waals surface area contributed by atoms with Crippen LogP contribution < -0.4 is 5.73 Å². The predicted octanol–water partition coefficient (Wildman–Crippen LogP) is 3.12. The lowest BCUT2D eigenvalue weighted by atomic mass is 10.2. The molecule has 1 atom stereocenters. The van der Waals surface area contributed by atoms with Gasteiger partial charge in [0.1, 0.15) is 5.00 Å². The summed E-state index contributed by atoms with van der Waals surface area (Å²) >= 11 is 3.07. The number of aromatic nitrogens is 3. The van der Waals surface area contributed by atoms with Crippen molar-refractivity contribution in [2.75, 3.05) is 5.73 Å². The maximum atomic E-state index is 5.85. The second-order valence-corrected chi connectivity index (χ2v) is 6.28. The molecule has 7 heteroatoms. The zero-order valence-corrected chi connectivity index (χ0v) is 12.3. The highest BCUT2D eigenvalue weighted by molar-refractivity contribution is 7.99. The molecule has 2 aromatic rings. The summed E-state index contributed by atoms with van der Waals surface area (Å²) in [6.07, 6.45) is 1.13. The molecule has 0 amide bonds. The number of hydrogen-bond acceptors (Lipinski definition) is 7. The van der Waals surface area contributed by atoms with E-state index in [2.05, 4.69) is 28.4 Å². The van der Waals surface area contributed by atoms with Crippen LogP contribution in [0.1, 0.15) is 31.8 Å². The van der Waals surface area contributed by atoms with Crippen molar-refractivity contribution in [3.05, 3.63) is 11.5 Å². The lowest BCUT2D eigenvalue weighted by Gasteiger charge is -2.04. The Hall–Kier alpha value is -1.08. The van der Waals surface area contributed by atoms with E-state index in [4.69, 9.17) is 10.3 Å². The Morgan fingerprint density at radius 3 is 2.89 bits per heavy atom. The van der Waals surface area contributed by atoms with Crippen LogP contribution >= 0.6 is 23.3 Å². The average molecular weight is 284 g/mol. The van der Waals surface area contributed by atoms with Crippen LogP contribution in [0.2, 0.25) is 0 Å². The first kappa shape index (κ1) is 13.4. The SMILES string of the molecule is CCC(C)SCc1noc(-c2c(C)nsc2N)n1. The fourth-order valence-electron chi connectivity index (χ4n) is 1.40. The van der Waals surface area contributed by atoms with Crippen LogP contribution in [0, 0.1) is 6.92 Å². The summed E-state index contributed by atoms with van der Waals surface area (Å²) in [5.74, 6) is 1.94. The molecule has 0 saturated carbocycles. The molecule has 0 aliphatic rings. The second-order valence-electron chi connectivity index (χ2n) is 4.05. The van der Waals surface area contributed by atoms with E-state index in [1.807, 2.05) is 18.7 Å². The molecule has 0 aromatic carbocycles. The third kappa shape index (κ3) is 2.84. The van der Waals surface area contributed by atoms with Gasteiger partial charge in [-0.2, -0.15) is 21.1 Å². The summed E-state index contributed by atoms with van der Waals surface area (Å²) in [5.41, 5.74) is 7.46. The van der Waals surface area contributed by atoms with Crippen LogP contribution in [0.4, 0.5) is 5.00 Å². The van der Waals surface area contributed by atoms with Crippen molar-refractivity contribution < 1.29 is 4.52 Å². The number of aryl methyl sites for hydroxylation is 1. The Bertz CT molecular complexity index is 503. The van der Waals surface area contributed by atoms with Gasteiger partial charge in [-0.05, 0) is 24.9 Å². The minimum atomic E-state index is 0.471. The van der Waals surface area contributed by atoms with E-state index in [0.29, 0.717) is 22.0 Å². The molecule has 0 aliphatic heterocycles. The smallest absolute Gasteiger partial charge is 0.262 e. The van der Waals surface area contributed by atoms with Crippen molar-refractivity contribution in [2.45, 2.75) is 38.2 Å². The Morgan fingerprint density at radius 1 is 1.50 bits per heavy atom. The van der Waals surface area contributed by atoms with Gasteiger partial charge in [0, 0.05) is 5.25 Å². The third-order valence-electron chi connectivity index (χ3n) is 2.64. The molecule has 18 heavy (non-hydrogen) atoms. The Balaban J connectivity index is 2.11. The summed E-state index contributed by atoms with van der Waals surface area (Å²) in [7, 11) is 0. The van der Waals surface area contributed by atoms with Crippen molar-refractivity contribution in [1.29, 1.82) is 0 Å². The topological polar surface area (TPSA) is 77.8 Å². The van der Waals surface area contributed by atoms with Gasteiger partial charge in [-0.1, -0.05) is 19.0 Å². The number of nitrogens with two attached hydrogens (primary N) is 1. The quantitative estimate of drug-likeness (QED) is 0.909. The van der Waals surface area contributed by atoms with Gasteiger partial charge in [0.05, 0.1) is 17.0 Å². The van der Waals surface area contributed by atoms with Crippen LogP contribution in [0.5, 0.6) is 0 Å². The van der Waals surface area contributed by atoms with Gasteiger partial charge >= 0.3 is 0 Å². The summed E-state index contributed by atoms with van der Waals surface area (Å²) in [6.45, 7) is 6.25. The van der Waals surface area contributed by atoms with Crippen LogP contribution in [0.3, 0.4) is 0 Å². The maximum Gasteiger partial charge on any atom is 0.262 e. The van der Waals surface area contributed by atoms with E-state index in [0.717, 1.165) is 23.4 Å². The molecular weight excluding hydrogens is 268 g/mol. The van der Waals surface area contributed by atoms with Crippen molar-refractivity contribution in [1.82, 2.24) is 14.5 Å². The van der Waals surface area contributed by atoms with Gasteiger partial charge in [-0.25, -0.2) is 0 Å². The molecule has 0 spiro atoms. The van der Waals surface area contributed by atoms with Gasteiger partial charge in [-0.3, -0.25) is 0 Å². The van der Waals surface area contributed by atoms with Crippen LogP contribution in [-0.4, -0.2) is 19.8 Å². The third-order valence-corrected chi connectivity index (χ3v) is 4.74. The van der Waals surface area contributed by atoms with Gasteiger partial charge in [0.25, 0.3) is 5.89 Å². The molecule has 2 aromatic heterocycles. The fraction of sp³-hybridized carbons (Fsp3) is 0.545. The Kier molecular flexibility index (Phi) is 4.23. The number of anilines is 1. The largest absolute Gasteiger partial charge is 0.389 e. The number of rotatable bonds is 5. The summed E-state index contributed by atoms with van der Waals surface area (Å²) in [5, 5.41) is 5.20. The number of nitrogen functional groups attached to an aromatic ring is 1. The normalized spacial score (nSPS) is 12.8. The van der Waals surface area contributed by atoms with E-state index < -0.39 is 0 Å². The standard InChI is InChI=1S/C11H16N4OS2/c1-4-6(2)17-5-8-13-11(16-14-8)9-7(3)15-18-10(9)12/h6H,4-5,12H2,1-3H3. The minimum absolute atomic E-state index is 0.471. The molecule has 0 saturated heterocycles. The molecular formula is C11H16N4OS2.